The zero-order valence-corrected chi connectivity index (χ0v) is 14.4. The topological polar surface area (TPSA) is 42.2 Å². The number of nitrogens with zero attached hydrogens (tertiary/aromatic N) is 3. The van der Waals surface area contributed by atoms with Crippen LogP contribution in [0, 0.1) is 0 Å². The highest BCUT2D eigenvalue weighted by Gasteiger charge is 2.26. The Morgan fingerprint density at radius 1 is 1.17 bits per heavy atom. The van der Waals surface area contributed by atoms with E-state index in [1.54, 1.807) is 11.3 Å². The summed E-state index contributed by atoms with van der Waals surface area (Å²) in [7, 11) is 0. The molecular weight excluding hydrogens is 318 g/mol. The Morgan fingerprint density at radius 2 is 2.08 bits per heavy atom. The molecule has 0 bridgehead atoms. The molecule has 3 aromatic rings. The predicted molar refractivity (Wildman–Crippen MR) is 95.7 cm³/mol. The van der Waals surface area contributed by atoms with Crippen molar-refractivity contribution >= 4 is 11.3 Å². The summed E-state index contributed by atoms with van der Waals surface area (Å²) in [5.41, 5.74) is 2.37. The van der Waals surface area contributed by atoms with Crippen molar-refractivity contribution in [2.24, 2.45) is 0 Å². The van der Waals surface area contributed by atoms with E-state index in [0.29, 0.717) is 6.04 Å². The molecule has 24 heavy (non-hydrogen) atoms. The van der Waals surface area contributed by atoms with Crippen LogP contribution in [-0.2, 0) is 6.54 Å². The summed E-state index contributed by atoms with van der Waals surface area (Å²) in [6.45, 7) is 2.04. The van der Waals surface area contributed by atoms with Crippen LogP contribution in [0.4, 0.5) is 0 Å². The molecule has 0 saturated carbocycles. The Hall–Kier alpha value is -1.98. The summed E-state index contributed by atoms with van der Waals surface area (Å²) in [5.74, 6) is 0.883. The number of rotatable bonds is 4. The molecule has 1 atom stereocenters. The summed E-state index contributed by atoms with van der Waals surface area (Å²) >= 11 is 1.69. The van der Waals surface area contributed by atoms with Crippen molar-refractivity contribution in [3.8, 4) is 10.6 Å². The third-order valence-electron chi connectivity index (χ3n) is 4.63. The van der Waals surface area contributed by atoms with Crippen LogP contribution in [0.15, 0.2) is 52.6 Å². The predicted octanol–water partition coefficient (Wildman–Crippen LogP) is 4.92. The van der Waals surface area contributed by atoms with Gasteiger partial charge in [0.25, 0.3) is 0 Å². The highest BCUT2D eigenvalue weighted by molar-refractivity contribution is 7.13. The summed E-state index contributed by atoms with van der Waals surface area (Å²) in [4.78, 5) is 7.80. The molecule has 1 fully saturated rings. The summed E-state index contributed by atoms with van der Waals surface area (Å²) in [6.07, 6.45) is 8.66. The summed E-state index contributed by atoms with van der Waals surface area (Å²) < 4.78 is 5.63. The van der Waals surface area contributed by atoms with Gasteiger partial charge in [0.2, 0.25) is 0 Å². The monoisotopic (exact) mass is 339 g/mol. The molecule has 0 aromatic carbocycles. The molecule has 0 spiro atoms. The van der Waals surface area contributed by atoms with E-state index >= 15 is 0 Å². The van der Waals surface area contributed by atoms with Crippen LogP contribution in [0.3, 0.4) is 0 Å². The van der Waals surface area contributed by atoms with Gasteiger partial charge in [0.15, 0.2) is 5.76 Å². The van der Waals surface area contributed by atoms with Crippen LogP contribution in [-0.4, -0.2) is 21.6 Å². The van der Waals surface area contributed by atoms with Crippen LogP contribution in [0.2, 0.25) is 0 Å². The van der Waals surface area contributed by atoms with Gasteiger partial charge in [0.1, 0.15) is 5.69 Å². The lowest BCUT2D eigenvalue weighted by atomic mass is 10.1. The molecule has 1 aliphatic heterocycles. The molecular formula is C19H21N3OS. The van der Waals surface area contributed by atoms with E-state index in [4.69, 9.17) is 4.52 Å². The first-order chi connectivity index (χ1) is 11.9. The van der Waals surface area contributed by atoms with Crippen LogP contribution in [0.1, 0.15) is 43.0 Å². The Balaban J connectivity index is 1.58. The Labute approximate surface area is 146 Å². The molecule has 0 amide bonds. The van der Waals surface area contributed by atoms with Gasteiger partial charge in [-0.15, -0.1) is 11.3 Å². The molecule has 4 rings (SSSR count). The Morgan fingerprint density at radius 3 is 2.92 bits per heavy atom. The summed E-state index contributed by atoms with van der Waals surface area (Å²) in [6, 6.07) is 10.8. The Kier molecular flexibility index (Phi) is 4.71. The molecule has 1 aliphatic rings. The van der Waals surface area contributed by atoms with E-state index in [9.17, 15) is 0 Å². The van der Waals surface area contributed by atoms with Gasteiger partial charge in [0, 0.05) is 25.0 Å². The lowest BCUT2D eigenvalue weighted by Gasteiger charge is -2.28. The first kappa shape index (κ1) is 15.5. The van der Waals surface area contributed by atoms with Crippen molar-refractivity contribution in [2.45, 2.75) is 38.3 Å². The molecule has 1 saturated heterocycles. The number of thiophene rings is 1. The molecule has 124 valence electrons. The van der Waals surface area contributed by atoms with Crippen molar-refractivity contribution in [3.05, 3.63) is 59.4 Å². The second kappa shape index (κ2) is 7.28. The molecule has 4 heterocycles. The van der Waals surface area contributed by atoms with Crippen molar-refractivity contribution in [1.29, 1.82) is 0 Å². The van der Waals surface area contributed by atoms with Gasteiger partial charge in [0.05, 0.1) is 10.9 Å². The van der Waals surface area contributed by atoms with E-state index in [1.165, 1.54) is 24.8 Å². The highest BCUT2D eigenvalue weighted by Crippen LogP contribution is 2.34. The van der Waals surface area contributed by atoms with Crippen molar-refractivity contribution in [2.75, 3.05) is 6.54 Å². The summed E-state index contributed by atoms with van der Waals surface area (Å²) in [5, 5.41) is 6.48. The maximum atomic E-state index is 5.63. The molecule has 0 aliphatic carbocycles. The second-order valence-corrected chi connectivity index (χ2v) is 7.23. The van der Waals surface area contributed by atoms with Gasteiger partial charge in [-0.3, -0.25) is 9.88 Å². The fraction of sp³-hybridized carbons (Fsp3) is 0.368. The van der Waals surface area contributed by atoms with Gasteiger partial charge in [-0.25, -0.2) is 0 Å². The van der Waals surface area contributed by atoms with Gasteiger partial charge in [-0.05, 0) is 48.5 Å². The van der Waals surface area contributed by atoms with E-state index in [2.05, 4.69) is 44.7 Å². The maximum Gasteiger partial charge on any atom is 0.177 e. The maximum absolute atomic E-state index is 5.63. The molecule has 0 radical (unpaired) electrons. The molecule has 0 N–H and O–H groups in total. The van der Waals surface area contributed by atoms with Gasteiger partial charge in [-0.2, -0.15) is 0 Å². The van der Waals surface area contributed by atoms with E-state index in [1.807, 2.05) is 18.5 Å². The highest BCUT2D eigenvalue weighted by atomic mass is 32.1. The quantitative estimate of drug-likeness (QED) is 0.677. The zero-order valence-electron chi connectivity index (χ0n) is 13.6. The van der Waals surface area contributed by atoms with Crippen molar-refractivity contribution < 1.29 is 4.52 Å². The van der Waals surface area contributed by atoms with E-state index in [-0.39, 0.29) is 0 Å². The largest absolute Gasteiger partial charge is 0.355 e. The zero-order chi connectivity index (χ0) is 16.2. The average Bonchev–Trinajstić information content (AvgIpc) is 3.25. The number of aromatic nitrogens is 2. The smallest absolute Gasteiger partial charge is 0.177 e. The van der Waals surface area contributed by atoms with Crippen LogP contribution in [0.25, 0.3) is 10.6 Å². The van der Waals surface area contributed by atoms with Crippen LogP contribution >= 0.6 is 11.3 Å². The lowest BCUT2D eigenvalue weighted by molar-refractivity contribution is 0.184. The van der Waals surface area contributed by atoms with Crippen LogP contribution < -0.4 is 0 Å². The van der Waals surface area contributed by atoms with Crippen LogP contribution in [0.5, 0.6) is 0 Å². The minimum atomic E-state index is 0.332. The second-order valence-electron chi connectivity index (χ2n) is 6.28. The van der Waals surface area contributed by atoms with E-state index in [0.717, 1.165) is 35.8 Å². The fourth-order valence-corrected chi connectivity index (χ4v) is 4.07. The fourth-order valence-electron chi connectivity index (χ4n) is 3.40. The van der Waals surface area contributed by atoms with E-state index < -0.39 is 0 Å². The SMILES string of the molecule is c1csc(-c2cc([C@@H]3CCCCCN3Cc3ccncc3)no2)c1. The first-order valence-corrected chi connectivity index (χ1v) is 9.41. The van der Waals surface area contributed by atoms with Crippen molar-refractivity contribution in [3.63, 3.8) is 0 Å². The molecule has 3 aromatic heterocycles. The standard InChI is InChI=1S/C19H21N3OS/c1-2-5-17(16-13-18(23-21-16)19-6-4-12-24-19)22(11-3-1)14-15-7-9-20-10-8-15/h4,6-10,12-13,17H,1-3,5,11,14H2/t17-/m0/s1. The average molecular weight is 339 g/mol. The van der Waals surface area contributed by atoms with Gasteiger partial charge >= 0.3 is 0 Å². The molecule has 0 unspecified atom stereocenters. The van der Waals surface area contributed by atoms with Gasteiger partial charge < -0.3 is 4.52 Å². The van der Waals surface area contributed by atoms with Gasteiger partial charge in [-0.1, -0.05) is 24.1 Å². The third kappa shape index (κ3) is 3.42. The normalized spacial score (nSPS) is 19.2. The number of pyridine rings is 1. The minimum absolute atomic E-state index is 0.332. The number of hydrogen-bond donors (Lipinski definition) is 0. The number of likely N-dealkylation sites (tertiary alicyclic amines) is 1. The van der Waals surface area contributed by atoms with Crippen molar-refractivity contribution in [1.82, 2.24) is 15.0 Å². The minimum Gasteiger partial charge on any atom is -0.355 e. The lowest BCUT2D eigenvalue weighted by Crippen LogP contribution is -2.28. The first-order valence-electron chi connectivity index (χ1n) is 8.53. The molecule has 4 nitrogen and oxygen atoms in total. The third-order valence-corrected chi connectivity index (χ3v) is 5.52. The number of hydrogen-bond acceptors (Lipinski definition) is 5. The Bertz CT molecular complexity index is 754. The molecule has 5 heteroatoms.